The van der Waals surface area contributed by atoms with Gasteiger partial charge in [-0.15, -0.1) is 11.8 Å². The van der Waals surface area contributed by atoms with Gasteiger partial charge in [0, 0.05) is 17.6 Å². The van der Waals surface area contributed by atoms with Gasteiger partial charge in [0.15, 0.2) is 0 Å². The van der Waals surface area contributed by atoms with E-state index in [2.05, 4.69) is 5.32 Å². The van der Waals surface area contributed by atoms with Crippen LogP contribution >= 0.6 is 11.8 Å². The topological polar surface area (TPSA) is 86.7 Å². The van der Waals surface area contributed by atoms with Gasteiger partial charge in [-0.25, -0.2) is 4.79 Å². The van der Waals surface area contributed by atoms with Crippen LogP contribution in [0.2, 0.25) is 0 Å². The number of carboxylic acid groups (broad SMARTS) is 1. The van der Waals surface area contributed by atoms with Crippen molar-refractivity contribution in [2.45, 2.75) is 24.8 Å². The first-order valence-electron chi connectivity index (χ1n) is 8.38. The first kappa shape index (κ1) is 20.5. The number of amides is 2. The number of anilines is 1. The Morgan fingerprint density at radius 2 is 1.74 bits per heavy atom. The van der Waals surface area contributed by atoms with Crippen LogP contribution < -0.4 is 5.32 Å². The molecule has 1 unspecified atom stereocenters. The maximum Gasteiger partial charge on any atom is 0.326 e. The predicted molar refractivity (Wildman–Crippen MR) is 106 cm³/mol. The van der Waals surface area contributed by atoms with Gasteiger partial charge in [0.25, 0.3) is 5.91 Å². The minimum atomic E-state index is -1.08. The summed E-state index contributed by atoms with van der Waals surface area (Å²) in [6.45, 7) is 3.42. The minimum absolute atomic E-state index is 0.135. The fraction of sp³-hybridized carbons (Fsp3) is 0.250. The molecule has 0 aliphatic rings. The van der Waals surface area contributed by atoms with Gasteiger partial charge in [0.1, 0.15) is 6.04 Å². The van der Waals surface area contributed by atoms with Crippen molar-refractivity contribution < 1.29 is 19.5 Å². The van der Waals surface area contributed by atoms with E-state index in [-0.39, 0.29) is 11.7 Å². The molecule has 142 valence electrons. The zero-order valence-corrected chi connectivity index (χ0v) is 16.2. The number of likely N-dealkylation sites (N-methyl/N-ethyl adjacent to an activating group) is 1. The number of benzene rings is 2. The number of nitrogens with zero attached hydrogens (tertiary/aromatic N) is 1. The molecule has 1 atom stereocenters. The SMILES string of the molecule is Cc1ccc(NC(=O)CSc2ccccc2C(=O)N(C)C(C)C(=O)O)cc1. The largest absolute Gasteiger partial charge is 0.480 e. The monoisotopic (exact) mass is 386 g/mol. The van der Waals surface area contributed by atoms with Crippen molar-refractivity contribution >= 4 is 35.2 Å². The molecule has 0 saturated heterocycles. The molecule has 0 aliphatic heterocycles. The third kappa shape index (κ3) is 5.59. The number of carbonyl (C=O) groups excluding carboxylic acids is 2. The second-order valence-corrected chi connectivity index (χ2v) is 7.15. The quantitative estimate of drug-likeness (QED) is 0.713. The van der Waals surface area contributed by atoms with Crippen molar-refractivity contribution in [3.05, 3.63) is 59.7 Å². The number of aliphatic carboxylic acids is 1. The molecule has 2 amide bonds. The number of aryl methyl sites for hydroxylation is 1. The number of carboxylic acids is 1. The average molecular weight is 386 g/mol. The highest BCUT2D eigenvalue weighted by Gasteiger charge is 2.24. The number of hydrogen-bond acceptors (Lipinski definition) is 4. The van der Waals surface area contributed by atoms with Gasteiger partial charge in [-0.3, -0.25) is 9.59 Å². The Bertz CT molecular complexity index is 836. The lowest BCUT2D eigenvalue weighted by Gasteiger charge is -2.22. The molecule has 7 heteroatoms. The van der Waals surface area contributed by atoms with Crippen molar-refractivity contribution in [3.63, 3.8) is 0 Å². The highest BCUT2D eigenvalue weighted by molar-refractivity contribution is 8.00. The fourth-order valence-electron chi connectivity index (χ4n) is 2.28. The third-order valence-corrected chi connectivity index (χ3v) is 5.14. The van der Waals surface area contributed by atoms with Gasteiger partial charge in [0.2, 0.25) is 5.91 Å². The van der Waals surface area contributed by atoms with E-state index in [1.165, 1.54) is 30.6 Å². The lowest BCUT2D eigenvalue weighted by Crippen LogP contribution is -2.40. The molecule has 0 bridgehead atoms. The summed E-state index contributed by atoms with van der Waals surface area (Å²) in [4.78, 5) is 37.7. The average Bonchev–Trinajstić information content (AvgIpc) is 2.66. The summed E-state index contributed by atoms with van der Waals surface area (Å²) in [5, 5.41) is 11.9. The van der Waals surface area contributed by atoms with Crippen LogP contribution in [0.4, 0.5) is 5.69 Å². The Labute approximate surface area is 162 Å². The summed E-state index contributed by atoms with van der Waals surface area (Å²) in [6.07, 6.45) is 0. The molecule has 0 spiro atoms. The molecule has 2 aromatic carbocycles. The Morgan fingerprint density at radius 1 is 1.11 bits per heavy atom. The van der Waals surface area contributed by atoms with Crippen LogP contribution in [0.1, 0.15) is 22.8 Å². The van der Waals surface area contributed by atoms with Crippen molar-refractivity contribution in [2.24, 2.45) is 0 Å². The van der Waals surface area contributed by atoms with E-state index in [0.29, 0.717) is 16.1 Å². The second-order valence-electron chi connectivity index (χ2n) is 6.13. The van der Waals surface area contributed by atoms with E-state index in [1.807, 2.05) is 31.2 Å². The number of hydrogen-bond donors (Lipinski definition) is 2. The molecule has 27 heavy (non-hydrogen) atoms. The first-order valence-corrected chi connectivity index (χ1v) is 9.36. The van der Waals surface area contributed by atoms with E-state index in [1.54, 1.807) is 24.3 Å². The molecule has 6 nitrogen and oxygen atoms in total. The Balaban J connectivity index is 2.04. The van der Waals surface area contributed by atoms with Gasteiger partial charge < -0.3 is 15.3 Å². The lowest BCUT2D eigenvalue weighted by atomic mass is 10.2. The normalized spacial score (nSPS) is 11.5. The van der Waals surface area contributed by atoms with E-state index in [0.717, 1.165) is 5.56 Å². The van der Waals surface area contributed by atoms with Crippen LogP contribution in [0.15, 0.2) is 53.4 Å². The summed E-state index contributed by atoms with van der Waals surface area (Å²) in [6, 6.07) is 13.4. The fourth-order valence-corrected chi connectivity index (χ4v) is 3.12. The van der Waals surface area contributed by atoms with Gasteiger partial charge >= 0.3 is 5.97 Å². The predicted octanol–water partition coefficient (Wildman–Crippen LogP) is 3.27. The molecular formula is C20H22N2O4S. The zero-order chi connectivity index (χ0) is 20.0. The molecule has 2 aromatic rings. The van der Waals surface area contributed by atoms with Crippen molar-refractivity contribution in [2.75, 3.05) is 18.1 Å². The van der Waals surface area contributed by atoms with Crippen LogP contribution in [0.5, 0.6) is 0 Å². The molecule has 2 rings (SSSR count). The molecule has 0 saturated carbocycles. The molecule has 0 heterocycles. The molecule has 0 aliphatic carbocycles. The maximum absolute atomic E-state index is 12.6. The number of thioether (sulfide) groups is 1. The summed E-state index contributed by atoms with van der Waals surface area (Å²) >= 11 is 1.24. The molecular weight excluding hydrogens is 364 g/mol. The van der Waals surface area contributed by atoms with Crippen molar-refractivity contribution in [1.29, 1.82) is 0 Å². The van der Waals surface area contributed by atoms with Crippen LogP contribution in [-0.2, 0) is 9.59 Å². The van der Waals surface area contributed by atoms with Gasteiger partial charge in [-0.2, -0.15) is 0 Å². The first-order chi connectivity index (χ1) is 12.8. The van der Waals surface area contributed by atoms with E-state index >= 15 is 0 Å². The minimum Gasteiger partial charge on any atom is -0.480 e. The highest BCUT2D eigenvalue weighted by Crippen LogP contribution is 2.24. The van der Waals surface area contributed by atoms with Crippen LogP contribution in [-0.4, -0.2) is 46.6 Å². The standard InChI is InChI=1S/C20H22N2O4S/c1-13-8-10-15(11-9-13)21-18(23)12-27-17-7-5-4-6-16(17)19(24)22(3)14(2)20(25)26/h4-11,14H,12H2,1-3H3,(H,21,23)(H,25,26). The smallest absolute Gasteiger partial charge is 0.326 e. The molecule has 2 N–H and O–H groups in total. The van der Waals surface area contributed by atoms with Crippen LogP contribution in [0.25, 0.3) is 0 Å². The number of carbonyl (C=O) groups is 3. The third-order valence-electron chi connectivity index (χ3n) is 4.07. The van der Waals surface area contributed by atoms with Crippen molar-refractivity contribution in [3.8, 4) is 0 Å². The lowest BCUT2D eigenvalue weighted by molar-refractivity contribution is -0.141. The van der Waals surface area contributed by atoms with Crippen LogP contribution in [0, 0.1) is 6.92 Å². The summed E-state index contributed by atoms with van der Waals surface area (Å²) in [5.41, 5.74) is 2.20. The summed E-state index contributed by atoms with van der Waals surface area (Å²) < 4.78 is 0. The zero-order valence-electron chi connectivity index (χ0n) is 15.4. The highest BCUT2D eigenvalue weighted by atomic mass is 32.2. The van der Waals surface area contributed by atoms with Gasteiger partial charge in [-0.05, 0) is 38.1 Å². The summed E-state index contributed by atoms with van der Waals surface area (Å²) in [7, 11) is 1.45. The van der Waals surface area contributed by atoms with Crippen molar-refractivity contribution in [1.82, 2.24) is 4.90 Å². The Morgan fingerprint density at radius 3 is 2.37 bits per heavy atom. The number of rotatable bonds is 7. The molecule has 0 aromatic heterocycles. The Kier molecular flexibility index (Phi) is 7.01. The van der Waals surface area contributed by atoms with Gasteiger partial charge in [0.05, 0.1) is 11.3 Å². The van der Waals surface area contributed by atoms with E-state index < -0.39 is 17.9 Å². The molecule has 0 radical (unpaired) electrons. The van der Waals surface area contributed by atoms with E-state index in [9.17, 15) is 14.4 Å². The van der Waals surface area contributed by atoms with Crippen LogP contribution in [0.3, 0.4) is 0 Å². The summed E-state index contributed by atoms with van der Waals surface area (Å²) in [5.74, 6) is -1.52. The van der Waals surface area contributed by atoms with E-state index in [4.69, 9.17) is 5.11 Å². The molecule has 0 fully saturated rings. The second kappa shape index (κ2) is 9.23. The van der Waals surface area contributed by atoms with Gasteiger partial charge in [-0.1, -0.05) is 29.8 Å². The number of nitrogens with one attached hydrogen (secondary N) is 1. The Hall–Kier alpha value is -2.80. The maximum atomic E-state index is 12.6.